The van der Waals surface area contributed by atoms with E-state index in [0.29, 0.717) is 0 Å². The second-order valence-electron chi connectivity index (χ2n) is 3.20. The number of hydrogen-bond acceptors (Lipinski definition) is 0. The molecule has 0 saturated heterocycles. The van der Waals surface area contributed by atoms with Gasteiger partial charge in [-0.15, -0.1) is 0 Å². The molecule has 1 aliphatic carbocycles. The summed E-state index contributed by atoms with van der Waals surface area (Å²) in [6, 6.07) is 0. The summed E-state index contributed by atoms with van der Waals surface area (Å²) in [5, 5.41) is 0. The third-order valence-corrected chi connectivity index (χ3v) is 2.12. The van der Waals surface area contributed by atoms with Crippen LogP contribution in [0.1, 0.15) is 44.9 Å². The molecule has 0 atom stereocenters. The fraction of sp³-hybridized carbons (Fsp3) is 0.636. The molecular weight excluding hydrogens is 132 g/mol. The highest BCUT2D eigenvalue weighted by Gasteiger charge is 1.89. The Hall–Kier alpha value is -0.520. The second-order valence-corrected chi connectivity index (χ2v) is 3.20. The first-order valence-electron chi connectivity index (χ1n) is 4.82. The van der Waals surface area contributed by atoms with Gasteiger partial charge in [-0.3, -0.25) is 0 Å². The van der Waals surface area contributed by atoms with Gasteiger partial charge in [0.15, 0.2) is 0 Å². The van der Waals surface area contributed by atoms with Crippen LogP contribution in [0.2, 0.25) is 0 Å². The van der Waals surface area contributed by atoms with Gasteiger partial charge in [0.25, 0.3) is 0 Å². The molecular formula is C11H18. The van der Waals surface area contributed by atoms with Gasteiger partial charge in [0, 0.05) is 0 Å². The number of rotatable bonds is 0. The highest BCUT2D eigenvalue weighted by atomic mass is 14.0. The molecule has 0 aromatic heterocycles. The normalized spacial score (nSPS) is 24.0. The highest BCUT2D eigenvalue weighted by molar-refractivity contribution is 5.02. The Balaban J connectivity index is 2.22. The molecule has 11 heavy (non-hydrogen) atoms. The van der Waals surface area contributed by atoms with Gasteiger partial charge in [-0.25, -0.2) is 0 Å². The van der Waals surface area contributed by atoms with Crippen molar-refractivity contribution in [2.75, 3.05) is 0 Å². The first-order valence-corrected chi connectivity index (χ1v) is 4.82. The van der Waals surface area contributed by atoms with Gasteiger partial charge in [-0.2, -0.15) is 0 Å². The van der Waals surface area contributed by atoms with Crippen LogP contribution in [0.15, 0.2) is 24.3 Å². The third-order valence-electron chi connectivity index (χ3n) is 2.12. The minimum Gasteiger partial charge on any atom is -0.0845 e. The lowest BCUT2D eigenvalue weighted by Crippen LogP contribution is -1.76. The van der Waals surface area contributed by atoms with Crippen molar-refractivity contribution in [2.24, 2.45) is 0 Å². The summed E-state index contributed by atoms with van der Waals surface area (Å²) in [4.78, 5) is 0. The predicted octanol–water partition coefficient (Wildman–Crippen LogP) is 3.84. The molecule has 0 amide bonds. The average Bonchev–Trinajstić information content (AvgIpc) is 2.08. The minimum atomic E-state index is 1.27. The van der Waals surface area contributed by atoms with Crippen molar-refractivity contribution in [3.63, 3.8) is 0 Å². The maximum atomic E-state index is 2.28. The quantitative estimate of drug-likeness (QED) is 0.492. The van der Waals surface area contributed by atoms with Crippen LogP contribution in [0.4, 0.5) is 0 Å². The molecule has 62 valence electrons. The van der Waals surface area contributed by atoms with Crippen molar-refractivity contribution < 1.29 is 0 Å². The fourth-order valence-electron chi connectivity index (χ4n) is 1.40. The van der Waals surface area contributed by atoms with Gasteiger partial charge in [-0.05, 0) is 25.7 Å². The summed E-state index contributed by atoms with van der Waals surface area (Å²) in [7, 11) is 0. The van der Waals surface area contributed by atoms with Gasteiger partial charge in [0.05, 0.1) is 0 Å². The topological polar surface area (TPSA) is 0 Å². The first-order chi connectivity index (χ1) is 5.50. The van der Waals surface area contributed by atoms with Crippen LogP contribution in [-0.4, -0.2) is 0 Å². The summed E-state index contributed by atoms with van der Waals surface area (Å²) in [5.41, 5.74) is 0. The Kier molecular flexibility index (Phi) is 4.84. The SMILES string of the molecule is C1=CCCCCCCC/C=C\1. The molecule has 0 aliphatic heterocycles. The molecule has 0 radical (unpaired) electrons. The molecule has 0 nitrogen and oxygen atoms in total. The number of allylic oxidation sites excluding steroid dienone is 4. The van der Waals surface area contributed by atoms with Crippen molar-refractivity contribution >= 4 is 0 Å². The molecule has 0 saturated carbocycles. The monoisotopic (exact) mass is 150 g/mol. The van der Waals surface area contributed by atoms with E-state index in [4.69, 9.17) is 0 Å². The van der Waals surface area contributed by atoms with E-state index >= 15 is 0 Å². The molecule has 0 spiro atoms. The Morgan fingerprint density at radius 1 is 0.545 bits per heavy atom. The predicted molar refractivity (Wildman–Crippen MR) is 50.6 cm³/mol. The van der Waals surface area contributed by atoms with Gasteiger partial charge in [0.1, 0.15) is 0 Å². The van der Waals surface area contributed by atoms with Crippen molar-refractivity contribution in [3.05, 3.63) is 24.3 Å². The first kappa shape index (κ1) is 8.58. The zero-order valence-corrected chi connectivity index (χ0v) is 7.26. The largest absolute Gasteiger partial charge is 0.0845 e. The summed E-state index contributed by atoms with van der Waals surface area (Å²) in [6.45, 7) is 0. The Morgan fingerprint density at radius 2 is 1.00 bits per heavy atom. The van der Waals surface area contributed by atoms with E-state index in [1.54, 1.807) is 0 Å². The van der Waals surface area contributed by atoms with E-state index in [1.165, 1.54) is 44.9 Å². The van der Waals surface area contributed by atoms with Crippen LogP contribution in [0.5, 0.6) is 0 Å². The van der Waals surface area contributed by atoms with Gasteiger partial charge in [-0.1, -0.05) is 43.6 Å². The molecule has 0 aromatic carbocycles. The Morgan fingerprint density at radius 3 is 1.55 bits per heavy atom. The van der Waals surface area contributed by atoms with Gasteiger partial charge in [0.2, 0.25) is 0 Å². The van der Waals surface area contributed by atoms with Crippen LogP contribution in [0, 0.1) is 0 Å². The van der Waals surface area contributed by atoms with E-state index in [9.17, 15) is 0 Å². The van der Waals surface area contributed by atoms with Crippen LogP contribution in [-0.2, 0) is 0 Å². The summed E-state index contributed by atoms with van der Waals surface area (Å²) in [6.07, 6.45) is 18.5. The van der Waals surface area contributed by atoms with Crippen LogP contribution in [0.25, 0.3) is 0 Å². The molecule has 0 aromatic rings. The summed E-state index contributed by atoms with van der Waals surface area (Å²) >= 11 is 0. The lowest BCUT2D eigenvalue weighted by molar-refractivity contribution is 0.623. The van der Waals surface area contributed by atoms with Crippen molar-refractivity contribution in [3.8, 4) is 0 Å². The second kappa shape index (κ2) is 6.21. The van der Waals surface area contributed by atoms with E-state index in [1.807, 2.05) is 0 Å². The van der Waals surface area contributed by atoms with Crippen molar-refractivity contribution in [2.45, 2.75) is 44.9 Å². The van der Waals surface area contributed by atoms with Crippen molar-refractivity contribution in [1.29, 1.82) is 0 Å². The Labute approximate surface area is 70.0 Å². The maximum absolute atomic E-state index is 2.28. The lowest BCUT2D eigenvalue weighted by atomic mass is 10.1. The molecule has 1 rings (SSSR count). The maximum Gasteiger partial charge on any atom is -0.0348 e. The molecule has 0 bridgehead atoms. The van der Waals surface area contributed by atoms with Crippen LogP contribution in [0.3, 0.4) is 0 Å². The zero-order chi connectivity index (χ0) is 7.78. The van der Waals surface area contributed by atoms with E-state index in [0.717, 1.165) is 0 Å². The Bertz CT molecular complexity index is 115. The molecule has 0 heterocycles. The molecule has 0 N–H and O–H groups in total. The number of hydrogen-bond donors (Lipinski definition) is 0. The minimum absolute atomic E-state index is 1.27. The lowest BCUT2D eigenvalue weighted by Gasteiger charge is -1.96. The smallest absolute Gasteiger partial charge is 0.0348 e. The standard InChI is InChI=1S/C11H18/c1-2-4-6-8-10-11-9-7-5-3-1/h1-4H,5-11H2/b3-1-,4-2?. The third kappa shape index (κ3) is 4.83. The van der Waals surface area contributed by atoms with E-state index in [-0.39, 0.29) is 0 Å². The van der Waals surface area contributed by atoms with Crippen LogP contribution < -0.4 is 0 Å². The van der Waals surface area contributed by atoms with Gasteiger partial charge >= 0.3 is 0 Å². The molecule has 0 fully saturated rings. The molecule has 0 unspecified atom stereocenters. The highest BCUT2D eigenvalue weighted by Crippen LogP contribution is 2.09. The zero-order valence-electron chi connectivity index (χ0n) is 7.26. The van der Waals surface area contributed by atoms with Crippen molar-refractivity contribution in [1.82, 2.24) is 0 Å². The van der Waals surface area contributed by atoms with E-state index < -0.39 is 0 Å². The summed E-state index contributed by atoms with van der Waals surface area (Å²) < 4.78 is 0. The average molecular weight is 150 g/mol. The summed E-state index contributed by atoms with van der Waals surface area (Å²) in [5.74, 6) is 0. The van der Waals surface area contributed by atoms with Crippen LogP contribution >= 0.6 is 0 Å². The fourth-order valence-corrected chi connectivity index (χ4v) is 1.40. The van der Waals surface area contributed by atoms with Gasteiger partial charge < -0.3 is 0 Å². The molecule has 0 heteroatoms. The molecule has 1 aliphatic rings. The van der Waals surface area contributed by atoms with E-state index in [2.05, 4.69) is 24.3 Å².